The maximum absolute atomic E-state index is 13.2. The minimum atomic E-state index is -0.399. The molecule has 3 rings (SSSR count). The molecule has 29 heavy (non-hydrogen) atoms. The van der Waals surface area contributed by atoms with Gasteiger partial charge in [-0.05, 0) is 68.0 Å². The zero-order valence-electron chi connectivity index (χ0n) is 17.4. The third-order valence-electron chi connectivity index (χ3n) is 5.36. The number of benzene rings is 1. The summed E-state index contributed by atoms with van der Waals surface area (Å²) in [7, 11) is 1.65. The fraction of sp³-hybridized carbons (Fsp3) is 0.435. The Hall–Kier alpha value is -2.89. The average Bonchev–Trinajstić information content (AvgIpc) is 2.72. The van der Waals surface area contributed by atoms with Gasteiger partial charge in [0, 0.05) is 31.9 Å². The van der Waals surface area contributed by atoms with Gasteiger partial charge in [-0.2, -0.15) is 0 Å². The molecule has 1 aliphatic carbocycles. The summed E-state index contributed by atoms with van der Waals surface area (Å²) in [6.07, 6.45) is 5.88. The van der Waals surface area contributed by atoms with Crippen molar-refractivity contribution < 1.29 is 14.3 Å². The Morgan fingerprint density at radius 1 is 1.14 bits per heavy atom. The van der Waals surface area contributed by atoms with Crippen molar-refractivity contribution in [1.82, 2.24) is 4.57 Å². The highest BCUT2D eigenvalue weighted by Gasteiger charge is 2.23. The van der Waals surface area contributed by atoms with Gasteiger partial charge in [-0.3, -0.25) is 14.4 Å². The third-order valence-corrected chi connectivity index (χ3v) is 5.36. The summed E-state index contributed by atoms with van der Waals surface area (Å²) in [6.45, 7) is 4.09. The maximum atomic E-state index is 13.2. The van der Waals surface area contributed by atoms with Crippen LogP contribution < -0.4 is 15.2 Å². The quantitative estimate of drug-likeness (QED) is 0.551. The van der Waals surface area contributed by atoms with Gasteiger partial charge < -0.3 is 14.2 Å². The molecule has 0 unspecified atom stereocenters. The standard InChI is InChI=1S/C23H28N2O4/c1-4-5-14-25-21-9-7-6-8-17(21)15-20(23(25)28)22(27)24(3)18-10-12-19(13-11-18)29-16(2)26/h10-13,15H,4-9,14H2,1-3H3. The molecule has 1 aliphatic rings. The number of anilines is 1. The van der Waals surface area contributed by atoms with E-state index in [2.05, 4.69) is 6.92 Å². The summed E-state index contributed by atoms with van der Waals surface area (Å²) in [5.41, 5.74) is 2.86. The molecule has 6 heteroatoms. The van der Waals surface area contributed by atoms with Gasteiger partial charge >= 0.3 is 5.97 Å². The first kappa shape index (κ1) is 20.8. The molecule has 6 nitrogen and oxygen atoms in total. The van der Waals surface area contributed by atoms with Gasteiger partial charge in [0.05, 0.1) is 0 Å². The van der Waals surface area contributed by atoms with Crippen LogP contribution in [-0.2, 0) is 24.2 Å². The van der Waals surface area contributed by atoms with Gasteiger partial charge in [-0.25, -0.2) is 0 Å². The van der Waals surface area contributed by atoms with Gasteiger partial charge in [-0.15, -0.1) is 0 Å². The number of amides is 1. The van der Waals surface area contributed by atoms with E-state index in [-0.39, 0.29) is 17.0 Å². The molecule has 0 aliphatic heterocycles. The van der Waals surface area contributed by atoms with Crippen LogP contribution in [0, 0.1) is 0 Å². The molecule has 0 radical (unpaired) electrons. The number of aryl methyl sites for hydroxylation is 1. The number of hydrogen-bond donors (Lipinski definition) is 0. The molecule has 154 valence electrons. The monoisotopic (exact) mass is 396 g/mol. The van der Waals surface area contributed by atoms with Gasteiger partial charge in [-0.1, -0.05) is 13.3 Å². The lowest BCUT2D eigenvalue weighted by atomic mass is 9.94. The van der Waals surface area contributed by atoms with Gasteiger partial charge in [0.15, 0.2) is 0 Å². The van der Waals surface area contributed by atoms with Crippen LogP contribution in [0.25, 0.3) is 0 Å². The van der Waals surface area contributed by atoms with Crippen LogP contribution in [0.5, 0.6) is 5.75 Å². The van der Waals surface area contributed by atoms with Crippen molar-refractivity contribution in [3.63, 3.8) is 0 Å². The first-order valence-corrected chi connectivity index (χ1v) is 10.2. The Balaban J connectivity index is 1.93. The Bertz CT molecular complexity index is 960. The number of rotatable bonds is 6. The highest BCUT2D eigenvalue weighted by Crippen LogP contribution is 2.23. The fourth-order valence-electron chi connectivity index (χ4n) is 3.79. The summed E-state index contributed by atoms with van der Waals surface area (Å²) in [6, 6.07) is 8.46. The van der Waals surface area contributed by atoms with Crippen LogP contribution in [-0.4, -0.2) is 23.5 Å². The largest absolute Gasteiger partial charge is 0.427 e. The van der Waals surface area contributed by atoms with Gasteiger partial charge in [0.1, 0.15) is 11.3 Å². The molecule has 0 bridgehead atoms. The molecule has 1 aromatic carbocycles. The number of fused-ring (bicyclic) bond motifs is 1. The van der Waals surface area contributed by atoms with Crippen LogP contribution in [0.1, 0.15) is 61.1 Å². The van der Waals surface area contributed by atoms with Gasteiger partial charge in [0.2, 0.25) is 0 Å². The van der Waals surface area contributed by atoms with Crippen LogP contribution in [0.4, 0.5) is 5.69 Å². The van der Waals surface area contributed by atoms with E-state index in [1.165, 1.54) is 11.8 Å². The second-order valence-corrected chi connectivity index (χ2v) is 7.50. The number of carbonyl (C=O) groups excluding carboxylic acids is 2. The van der Waals surface area contributed by atoms with Crippen molar-refractivity contribution in [3.05, 3.63) is 57.5 Å². The Labute approximate surface area is 171 Å². The number of carbonyl (C=O) groups is 2. The normalized spacial score (nSPS) is 12.9. The molecule has 0 spiro atoms. The van der Waals surface area contributed by atoms with E-state index < -0.39 is 5.97 Å². The molecule has 1 aromatic heterocycles. The second-order valence-electron chi connectivity index (χ2n) is 7.50. The predicted molar refractivity (Wildman–Crippen MR) is 113 cm³/mol. The summed E-state index contributed by atoms with van der Waals surface area (Å²) in [5, 5.41) is 0. The Morgan fingerprint density at radius 3 is 2.48 bits per heavy atom. The van der Waals surface area contributed by atoms with Crippen molar-refractivity contribution in [2.45, 2.75) is 58.9 Å². The van der Waals surface area contributed by atoms with Gasteiger partial charge in [0.25, 0.3) is 11.5 Å². The number of nitrogens with zero attached hydrogens (tertiary/aromatic N) is 2. The van der Waals surface area contributed by atoms with E-state index in [9.17, 15) is 14.4 Å². The second kappa shape index (κ2) is 9.07. The number of unbranched alkanes of at least 4 members (excludes halogenated alkanes) is 1. The third kappa shape index (κ3) is 4.58. The number of ether oxygens (including phenoxy) is 1. The van der Waals surface area contributed by atoms with E-state index in [4.69, 9.17) is 4.74 Å². The lowest BCUT2D eigenvalue weighted by Gasteiger charge is -2.24. The fourth-order valence-corrected chi connectivity index (χ4v) is 3.79. The average molecular weight is 396 g/mol. The SMILES string of the molecule is CCCCn1c2c(cc(C(=O)N(C)c3ccc(OC(C)=O)cc3)c1=O)CCCC2. The van der Waals surface area contributed by atoms with Crippen LogP contribution in [0.15, 0.2) is 35.1 Å². The van der Waals surface area contributed by atoms with E-state index in [0.29, 0.717) is 18.0 Å². The van der Waals surface area contributed by atoms with Crippen molar-refractivity contribution >= 4 is 17.6 Å². The minimum Gasteiger partial charge on any atom is -0.427 e. The molecule has 2 aromatic rings. The summed E-state index contributed by atoms with van der Waals surface area (Å²) in [5.74, 6) is -0.310. The molecular formula is C23H28N2O4. The van der Waals surface area contributed by atoms with E-state index in [1.54, 1.807) is 37.4 Å². The van der Waals surface area contributed by atoms with E-state index >= 15 is 0 Å². The van der Waals surface area contributed by atoms with Crippen LogP contribution >= 0.6 is 0 Å². The minimum absolute atomic E-state index is 0.201. The lowest BCUT2D eigenvalue weighted by Crippen LogP contribution is -2.37. The predicted octanol–water partition coefficient (Wildman–Crippen LogP) is 3.73. The summed E-state index contributed by atoms with van der Waals surface area (Å²) < 4.78 is 6.86. The van der Waals surface area contributed by atoms with E-state index in [1.807, 2.05) is 4.57 Å². The highest BCUT2D eigenvalue weighted by atomic mass is 16.5. The van der Waals surface area contributed by atoms with Crippen molar-refractivity contribution in [1.29, 1.82) is 0 Å². The topological polar surface area (TPSA) is 68.6 Å². The number of hydrogen-bond acceptors (Lipinski definition) is 4. The number of pyridine rings is 1. The number of aromatic nitrogens is 1. The van der Waals surface area contributed by atoms with Crippen LogP contribution in [0.3, 0.4) is 0 Å². The molecule has 0 saturated heterocycles. The first-order chi connectivity index (χ1) is 13.9. The zero-order valence-corrected chi connectivity index (χ0v) is 17.4. The lowest BCUT2D eigenvalue weighted by molar-refractivity contribution is -0.131. The van der Waals surface area contributed by atoms with Crippen molar-refractivity contribution in [2.75, 3.05) is 11.9 Å². The smallest absolute Gasteiger partial charge is 0.308 e. The molecule has 0 fully saturated rings. The highest BCUT2D eigenvalue weighted by molar-refractivity contribution is 6.05. The molecule has 0 saturated carbocycles. The zero-order chi connectivity index (χ0) is 21.0. The summed E-state index contributed by atoms with van der Waals surface area (Å²) in [4.78, 5) is 38.9. The molecule has 1 amide bonds. The van der Waals surface area contributed by atoms with Crippen molar-refractivity contribution in [3.8, 4) is 5.75 Å². The Kier molecular flexibility index (Phi) is 6.52. The molecular weight excluding hydrogens is 368 g/mol. The maximum Gasteiger partial charge on any atom is 0.308 e. The van der Waals surface area contributed by atoms with Crippen molar-refractivity contribution in [2.24, 2.45) is 0 Å². The number of esters is 1. The van der Waals surface area contributed by atoms with E-state index in [0.717, 1.165) is 49.8 Å². The first-order valence-electron chi connectivity index (χ1n) is 10.2. The Morgan fingerprint density at radius 2 is 1.83 bits per heavy atom. The summed E-state index contributed by atoms with van der Waals surface area (Å²) >= 11 is 0. The van der Waals surface area contributed by atoms with Crippen LogP contribution in [0.2, 0.25) is 0 Å². The molecule has 1 heterocycles. The molecule has 0 N–H and O–H groups in total. The molecule has 0 atom stereocenters.